The number of carbonyl (C=O) groups is 1. The molecule has 0 aliphatic rings. The van der Waals surface area contributed by atoms with Gasteiger partial charge in [0.1, 0.15) is 0 Å². The number of nitrogens with one attached hydrogen (secondary N) is 2. The summed E-state index contributed by atoms with van der Waals surface area (Å²) >= 11 is 0. The molecule has 5 nitrogen and oxygen atoms in total. The second-order valence-corrected chi connectivity index (χ2v) is 5.40. The minimum absolute atomic E-state index is 0.0250. The largest absolute Gasteiger partial charge is 0.385 e. The van der Waals surface area contributed by atoms with Crippen LogP contribution >= 0.6 is 0 Å². The molecule has 0 radical (unpaired) electrons. The van der Waals surface area contributed by atoms with Gasteiger partial charge in [-0.2, -0.15) is 5.10 Å². The molecule has 0 aromatic carbocycles. The smallest absolute Gasteiger partial charge is 0.255 e. The van der Waals surface area contributed by atoms with Gasteiger partial charge in [0, 0.05) is 26.0 Å². The Kier molecular flexibility index (Phi) is 4.90. The number of hydrogen-bond acceptors (Lipinski definition) is 3. The lowest BCUT2D eigenvalue weighted by Gasteiger charge is -2.24. The zero-order valence-electron chi connectivity index (χ0n) is 11.9. The molecule has 0 spiro atoms. The van der Waals surface area contributed by atoms with Crippen LogP contribution in [0.2, 0.25) is 0 Å². The lowest BCUT2D eigenvalue weighted by Crippen LogP contribution is -2.35. The summed E-state index contributed by atoms with van der Waals surface area (Å²) in [5.41, 5.74) is 2.22. The van der Waals surface area contributed by atoms with E-state index >= 15 is 0 Å². The molecule has 0 bridgehead atoms. The second kappa shape index (κ2) is 6.00. The van der Waals surface area contributed by atoms with Crippen molar-refractivity contribution in [2.75, 3.05) is 20.3 Å². The average Bonchev–Trinajstić information content (AvgIpc) is 2.64. The number of hydrogen-bond donors (Lipinski definition) is 2. The number of carbonyl (C=O) groups excluding carboxylic acids is 1. The number of amides is 1. The van der Waals surface area contributed by atoms with Crippen molar-refractivity contribution >= 4 is 5.91 Å². The fraction of sp³-hybridized carbons (Fsp3) is 0.692. The first-order valence-corrected chi connectivity index (χ1v) is 6.16. The Morgan fingerprint density at radius 3 is 2.61 bits per heavy atom. The fourth-order valence-electron chi connectivity index (χ4n) is 1.76. The molecular formula is C13H23N3O2. The summed E-state index contributed by atoms with van der Waals surface area (Å²) in [6, 6.07) is 0. The van der Waals surface area contributed by atoms with Crippen LogP contribution in [0.1, 0.15) is 42.0 Å². The molecule has 0 saturated carbocycles. The van der Waals surface area contributed by atoms with Gasteiger partial charge in [-0.15, -0.1) is 0 Å². The molecule has 1 aromatic rings. The van der Waals surface area contributed by atoms with Crippen LogP contribution in [0.15, 0.2) is 0 Å². The van der Waals surface area contributed by atoms with E-state index in [2.05, 4.69) is 29.4 Å². The van der Waals surface area contributed by atoms with Crippen LogP contribution in [0.4, 0.5) is 0 Å². The number of rotatable bonds is 6. The van der Waals surface area contributed by atoms with Gasteiger partial charge in [-0.25, -0.2) is 0 Å². The molecule has 0 fully saturated rings. The number of methoxy groups -OCH3 is 1. The third kappa shape index (κ3) is 3.84. The van der Waals surface area contributed by atoms with E-state index in [9.17, 15) is 4.79 Å². The summed E-state index contributed by atoms with van der Waals surface area (Å²) in [5.74, 6) is -0.0655. The first-order chi connectivity index (χ1) is 8.37. The normalized spacial score (nSPS) is 11.6. The Morgan fingerprint density at radius 1 is 1.44 bits per heavy atom. The zero-order valence-corrected chi connectivity index (χ0v) is 11.9. The topological polar surface area (TPSA) is 67.0 Å². The van der Waals surface area contributed by atoms with E-state index in [0.29, 0.717) is 18.7 Å². The van der Waals surface area contributed by atoms with Crippen LogP contribution < -0.4 is 5.32 Å². The lowest BCUT2D eigenvalue weighted by atomic mass is 9.89. The van der Waals surface area contributed by atoms with Crippen molar-refractivity contribution < 1.29 is 9.53 Å². The number of aryl methyl sites for hydroxylation is 2. The maximum absolute atomic E-state index is 12.1. The molecule has 1 amide bonds. The van der Waals surface area contributed by atoms with E-state index in [4.69, 9.17) is 4.74 Å². The second-order valence-electron chi connectivity index (χ2n) is 5.40. The average molecular weight is 253 g/mol. The van der Waals surface area contributed by atoms with Crippen molar-refractivity contribution in [2.24, 2.45) is 5.41 Å². The van der Waals surface area contributed by atoms with Gasteiger partial charge in [-0.05, 0) is 25.7 Å². The van der Waals surface area contributed by atoms with Gasteiger partial charge in [0.05, 0.1) is 11.3 Å². The molecule has 1 aromatic heterocycles. The highest BCUT2D eigenvalue weighted by atomic mass is 16.5. The molecule has 5 heteroatoms. The van der Waals surface area contributed by atoms with Crippen molar-refractivity contribution in [1.82, 2.24) is 15.5 Å². The van der Waals surface area contributed by atoms with Gasteiger partial charge < -0.3 is 10.1 Å². The SMILES string of the molecule is COCCC(C)(C)CNC(=O)c1c(C)n[nH]c1C. The molecule has 2 N–H and O–H groups in total. The van der Waals surface area contributed by atoms with Crippen molar-refractivity contribution in [3.63, 3.8) is 0 Å². The molecule has 0 unspecified atom stereocenters. The number of H-pyrrole nitrogens is 1. The molecule has 0 aliphatic carbocycles. The third-order valence-electron chi connectivity index (χ3n) is 3.07. The van der Waals surface area contributed by atoms with Crippen molar-refractivity contribution in [1.29, 1.82) is 0 Å². The predicted molar refractivity (Wildman–Crippen MR) is 70.7 cm³/mol. The van der Waals surface area contributed by atoms with E-state index in [0.717, 1.165) is 17.8 Å². The highest BCUT2D eigenvalue weighted by molar-refractivity contribution is 5.96. The van der Waals surface area contributed by atoms with Crippen LogP contribution in [0, 0.1) is 19.3 Å². The van der Waals surface area contributed by atoms with E-state index in [1.807, 2.05) is 13.8 Å². The first kappa shape index (κ1) is 14.7. The standard InChI is InChI=1S/C13H23N3O2/c1-9-11(10(2)16-15-9)12(17)14-8-13(3,4)6-7-18-5/h6-8H2,1-5H3,(H,14,17)(H,15,16). The minimum atomic E-state index is -0.0655. The molecule has 0 saturated heterocycles. The number of aromatic amines is 1. The van der Waals surface area contributed by atoms with Crippen molar-refractivity contribution in [2.45, 2.75) is 34.1 Å². The quantitative estimate of drug-likeness (QED) is 0.812. The Labute approximate surface area is 108 Å². The van der Waals surface area contributed by atoms with E-state index < -0.39 is 0 Å². The number of aromatic nitrogens is 2. The molecule has 1 rings (SSSR count). The highest BCUT2D eigenvalue weighted by Crippen LogP contribution is 2.19. The van der Waals surface area contributed by atoms with E-state index in [1.54, 1.807) is 7.11 Å². The van der Waals surface area contributed by atoms with Gasteiger partial charge in [-0.3, -0.25) is 9.89 Å². The maximum Gasteiger partial charge on any atom is 0.255 e. The molecular weight excluding hydrogens is 230 g/mol. The summed E-state index contributed by atoms with van der Waals surface area (Å²) in [5, 5.41) is 9.81. The maximum atomic E-state index is 12.1. The summed E-state index contributed by atoms with van der Waals surface area (Å²) in [6.45, 7) is 9.23. The van der Waals surface area contributed by atoms with Crippen LogP contribution in [0.3, 0.4) is 0 Å². The molecule has 0 aliphatic heterocycles. The fourth-order valence-corrected chi connectivity index (χ4v) is 1.76. The third-order valence-corrected chi connectivity index (χ3v) is 3.07. The van der Waals surface area contributed by atoms with Gasteiger partial charge in [0.2, 0.25) is 0 Å². The Bertz CT molecular complexity index is 391. The summed E-state index contributed by atoms with van der Waals surface area (Å²) < 4.78 is 5.07. The number of nitrogens with zero attached hydrogens (tertiary/aromatic N) is 1. The summed E-state index contributed by atoms with van der Waals surface area (Å²) in [6.07, 6.45) is 0.910. The van der Waals surface area contributed by atoms with Crippen LogP contribution in [0.25, 0.3) is 0 Å². The first-order valence-electron chi connectivity index (χ1n) is 6.16. The summed E-state index contributed by atoms with van der Waals surface area (Å²) in [7, 11) is 1.69. The van der Waals surface area contributed by atoms with E-state index in [-0.39, 0.29) is 11.3 Å². The van der Waals surface area contributed by atoms with Crippen LogP contribution in [0.5, 0.6) is 0 Å². The molecule has 1 heterocycles. The van der Waals surface area contributed by atoms with E-state index in [1.165, 1.54) is 0 Å². The Hall–Kier alpha value is -1.36. The van der Waals surface area contributed by atoms with Gasteiger partial charge in [0.25, 0.3) is 5.91 Å². The Morgan fingerprint density at radius 2 is 2.11 bits per heavy atom. The van der Waals surface area contributed by atoms with Gasteiger partial charge in [-0.1, -0.05) is 13.8 Å². The summed E-state index contributed by atoms with van der Waals surface area (Å²) in [4.78, 5) is 12.1. The van der Waals surface area contributed by atoms with Crippen molar-refractivity contribution in [3.8, 4) is 0 Å². The number of ether oxygens (including phenoxy) is 1. The highest BCUT2D eigenvalue weighted by Gasteiger charge is 2.21. The van der Waals surface area contributed by atoms with Gasteiger partial charge in [0.15, 0.2) is 0 Å². The Balaban J connectivity index is 2.56. The lowest BCUT2D eigenvalue weighted by molar-refractivity contribution is 0.0920. The monoisotopic (exact) mass is 253 g/mol. The van der Waals surface area contributed by atoms with Gasteiger partial charge >= 0.3 is 0 Å². The van der Waals surface area contributed by atoms with Crippen LogP contribution in [-0.2, 0) is 4.74 Å². The van der Waals surface area contributed by atoms with Crippen LogP contribution in [-0.4, -0.2) is 36.4 Å². The molecule has 0 atom stereocenters. The minimum Gasteiger partial charge on any atom is -0.385 e. The van der Waals surface area contributed by atoms with Crippen molar-refractivity contribution in [3.05, 3.63) is 17.0 Å². The zero-order chi connectivity index (χ0) is 13.8. The predicted octanol–water partition coefficient (Wildman–Crippen LogP) is 1.82. The molecule has 18 heavy (non-hydrogen) atoms. The molecule has 102 valence electrons.